The second-order valence-corrected chi connectivity index (χ2v) is 7.40. The lowest BCUT2D eigenvalue weighted by Crippen LogP contribution is -2.21. The van der Waals surface area contributed by atoms with Crippen molar-refractivity contribution < 1.29 is 0 Å². The van der Waals surface area contributed by atoms with Crippen LogP contribution in [0, 0.1) is 11.3 Å². The van der Waals surface area contributed by atoms with E-state index in [0.29, 0.717) is 17.4 Å². The van der Waals surface area contributed by atoms with E-state index >= 15 is 0 Å². The van der Waals surface area contributed by atoms with E-state index in [-0.39, 0.29) is 0 Å². The van der Waals surface area contributed by atoms with Crippen molar-refractivity contribution in [3.05, 3.63) is 42.1 Å². The number of hydrogen-bond acceptors (Lipinski definition) is 2. The first-order valence-corrected chi connectivity index (χ1v) is 7.91. The third-order valence-electron chi connectivity index (χ3n) is 3.98. The molecule has 0 amide bonds. The zero-order valence-corrected chi connectivity index (χ0v) is 14.0. The van der Waals surface area contributed by atoms with Gasteiger partial charge in [-0.3, -0.25) is 4.98 Å². The van der Waals surface area contributed by atoms with E-state index in [0.717, 1.165) is 5.52 Å². The summed E-state index contributed by atoms with van der Waals surface area (Å²) in [5, 5.41) is 4.70. The molecule has 0 fully saturated rings. The summed E-state index contributed by atoms with van der Waals surface area (Å²) in [7, 11) is 2.06. The smallest absolute Gasteiger partial charge is 0.0702 e. The highest BCUT2D eigenvalue weighted by molar-refractivity contribution is 5.79. The van der Waals surface area contributed by atoms with Crippen LogP contribution in [0.15, 0.2) is 36.5 Å². The fourth-order valence-electron chi connectivity index (χ4n) is 3.26. The summed E-state index contributed by atoms with van der Waals surface area (Å²) < 4.78 is 0. The van der Waals surface area contributed by atoms with Crippen LogP contribution in [0.2, 0.25) is 0 Å². The summed E-state index contributed by atoms with van der Waals surface area (Å²) in [6.45, 7) is 9.32. The molecule has 1 aromatic heterocycles. The molecule has 1 N–H and O–H groups in total. The highest BCUT2D eigenvalue weighted by Gasteiger charge is 2.19. The molecule has 0 spiro atoms. The molecule has 114 valence electrons. The maximum absolute atomic E-state index is 4.40. The van der Waals surface area contributed by atoms with Gasteiger partial charge < -0.3 is 5.32 Å². The van der Waals surface area contributed by atoms with Gasteiger partial charge in [0.05, 0.1) is 5.52 Å². The third kappa shape index (κ3) is 4.53. The molecule has 2 nitrogen and oxygen atoms in total. The predicted octanol–water partition coefficient (Wildman–Crippen LogP) is 4.96. The third-order valence-corrected chi connectivity index (χ3v) is 3.98. The lowest BCUT2D eigenvalue weighted by molar-refractivity contribution is 0.279. The molecular weight excluding hydrogens is 256 g/mol. The highest BCUT2D eigenvalue weighted by Crippen LogP contribution is 2.31. The fourth-order valence-corrected chi connectivity index (χ4v) is 3.26. The molecule has 0 aliphatic rings. The van der Waals surface area contributed by atoms with Gasteiger partial charge in [0.15, 0.2) is 0 Å². The first-order valence-electron chi connectivity index (χ1n) is 7.91. The lowest BCUT2D eigenvalue weighted by atomic mass is 9.82. The van der Waals surface area contributed by atoms with Gasteiger partial charge in [0.1, 0.15) is 0 Å². The fraction of sp³-hybridized carbons (Fsp3) is 0.526. The van der Waals surface area contributed by atoms with E-state index in [1.54, 1.807) is 0 Å². The summed E-state index contributed by atoms with van der Waals surface area (Å²) in [6.07, 6.45) is 4.27. The summed E-state index contributed by atoms with van der Waals surface area (Å²) in [5.41, 5.74) is 2.82. The number of pyridine rings is 1. The Morgan fingerprint density at radius 3 is 2.62 bits per heavy atom. The van der Waals surface area contributed by atoms with Gasteiger partial charge >= 0.3 is 0 Å². The molecular formula is C19H28N2. The molecule has 0 bridgehead atoms. The van der Waals surface area contributed by atoms with Crippen molar-refractivity contribution >= 4 is 10.9 Å². The summed E-state index contributed by atoms with van der Waals surface area (Å²) >= 11 is 0. The number of nitrogens with zero attached hydrogens (tertiary/aromatic N) is 1. The van der Waals surface area contributed by atoms with Crippen LogP contribution in [-0.2, 0) is 0 Å². The Hall–Kier alpha value is -1.41. The molecule has 1 aromatic carbocycles. The molecule has 0 aliphatic heterocycles. The normalized spacial score (nSPS) is 15.1. The maximum Gasteiger partial charge on any atom is 0.0702 e. The van der Waals surface area contributed by atoms with E-state index < -0.39 is 0 Å². The number of aromatic nitrogens is 1. The maximum atomic E-state index is 4.40. The van der Waals surface area contributed by atoms with Crippen LogP contribution in [0.4, 0.5) is 0 Å². The van der Waals surface area contributed by atoms with Crippen LogP contribution in [-0.4, -0.2) is 12.0 Å². The highest BCUT2D eigenvalue weighted by atomic mass is 14.9. The van der Waals surface area contributed by atoms with Gasteiger partial charge in [0.25, 0.3) is 0 Å². The summed E-state index contributed by atoms with van der Waals surface area (Å²) in [4.78, 5) is 4.40. The molecule has 0 saturated heterocycles. The van der Waals surface area contributed by atoms with Crippen molar-refractivity contribution in [3.8, 4) is 0 Å². The average Bonchev–Trinajstić information content (AvgIpc) is 2.42. The topological polar surface area (TPSA) is 24.9 Å². The monoisotopic (exact) mass is 284 g/mol. The van der Waals surface area contributed by atoms with Gasteiger partial charge in [0.2, 0.25) is 0 Å². The van der Waals surface area contributed by atoms with Crippen molar-refractivity contribution in [3.63, 3.8) is 0 Å². The molecule has 21 heavy (non-hydrogen) atoms. The van der Waals surface area contributed by atoms with Gasteiger partial charge in [-0.2, -0.15) is 0 Å². The number of nitrogens with one attached hydrogen (secondary N) is 1. The van der Waals surface area contributed by atoms with Crippen LogP contribution in [0.1, 0.15) is 52.1 Å². The molecule has 2 aromatic rings. The molecule has 0 aliphatic carbocycles. The number of rotatable bonds is 5. The minimum atomic E-state index is 0.394. The van der Waals surface area contributed by atoms with E-state index in [1.807, 2.05) is 12.3 Å². The van der Waals surface area contributed by atoms with Gasteiger partial charge in [-0.15, -0.1) is 0 Å². The van der Waals surface area contributed by atoms with E-state index in [9.17, 15) is 0 Å². The molecule has 2 unspecified atom stereocenters. The van der Waals surface area contributed by atoms with Crippen molar-refractivity contribution in [1.29, 1.82) is 0 Å². The largest absolute Gasteiger partial charge is 0.313 e. The zero-order valence-electron chi connectivity index (χ0n) is 14.0. The number of benzene rings is 1. The predicted molar refractivity (Wildman–Crippen MR) is 91.4 cm³/mol. The Kier molecular flexibility index (Phi) is 5.00. The molecule has 2 rings (SSSR count). The molecule has 2 atom stereocenters. The zero-order chi connectivity index (χ0) is 15.5. The second-order valence-electron chi connectivity index (χ2n) is 7.40. The summed E-state index contributed by atoms with van der Waals surface area (Å²) in [6, 6.07) is 11.2. The van der Waals surface area contributed by atoms with Crippen molar-refractivity contribution in [1.82, 2.24) is 10.3 Å². The molecule has 1 heterocycles. The number of fused-ring (bicyclic) bond motifs is 1. The van der Waals surface area contributed by atoms with Gasteiger partial charge in [-0.05, 0) is 55.0 Å². The van der Waals surface area contributed by atoms with Crippen LogP contribution < -0.4 is 5.32 Å². The van der Waals surface area contributed by atoms with Gasteiger partial charge in [-0.1, -0.05) is 39.8 Å². The first-order chi connectivity index (χ1) is 9.89. The van der Waals surface area contributed by atoms with E-state index in [4.69, 9.17) is 0 Å². The van der Waals surface area contributed by atoms with Crippen LogP contribution >= 0.6 is 0 Å². The Morgan fingerprint density at radius 1 is 1.19 bits per heavy atom. The van der Waals surface area contributed by atoms with E-state index in [1.165, 1.54) is 23.8 Å². The molecule has 2 heteroatoms. The minimum absolute atomic E-state index is 0.394. The molecule has 0 radical (unpaired) electrons. The number of hydrogen-bond donors (Lipinski definition) is 1. The van der Waals surface area contributed by atoms with Crippen molar-refractivity contribution in [2.45, 2.75) is 46.6 Å². The average molecular weight is 284 g/mol. The van der Waals surface area contributed by atoms with Gasteiger partial charge in [-0.25, -0.2) is 0 Å². The molecule has 0 saturated carbocycles. The second kappa shape index (κ2) is 6.57. The Labute approximate surface area is 129 Å². The quantitative estimate of drug-likeness (QED) is 0.839. The van der Waals surface area contributed by atoms with Crippen molar-refractivity contribution in [2.75, 3.05) is 7.05 Å². The lowest BCUT2D eigenvalue weighted by Gasteiger charge is -2.27. The van der Waals surface area contributed by atoms with Crippen LogP contribution in [0.25, 0.3) is 10.9 Å². The van der Waals surface area contributed by atoms with Crippen molar-refractivity contribution in [2.24, 2.45) is 11.3 Å². The van der Waals surface area contributed by atoms with Crippen LogP contribution in [0.5, 0.6) is 0 Å². The SMILES string of the molecule is CNC(CC(C)CC(C)(C)C)c1ccc2ncccc2c1. The first kappa shape index (κ1) is 16.0. The minimum Gasteiger partial charge on any atom is -0.313 e. The Balaban J connectivity index is 2.15. The Morgan fingerprint density at radius 2 is 1.95 bits per heavy atom. The van der Waals surface area contributed by atoms with E-state index in [2.05, 4.69) is 69.3 Å². The standard InChI is InChI=1S/C19H28N2/c1-14(13-19(2,3)4)11-18(20-5)16-8-9-17-15(12-16)7-6-10-21-17/h6-10,12,14,18,20H,11,13H2,1-5H3. The van der Waals surface area contributed by atoms with Gasteiger partial charge in [0, 0.05) is 17.6 Å². The van der Waals surface area contributed by atoms with Crippen LogP contribution in [0.3, 0.4) is 0 Å². The summed E-state index contributed by atoms with van der Waals surface area (Å²) in [5.74, 6) is 0.701. The Bertz CT molecular complexity index is 583.